The molecule has 1 unspecified atom stereocenters. The first-order valence-electron chi connectivity index (χ1n) is 8.04. The van der Waals surface area contributed by atoms with Gasteiger partial charge in [-0.2, -0.15) is 0 Å². The van der Waals surface area contributed by atoms with E-state index in [1.807, 2.05) is 0 Å². The van der Waals surface area contributed by atoms with E-state index >= 15 is 0 Å². The third-order valence-corrected chi connectivity index (χ3v) is 3.14. The second-order valence-corrected chi connectivity index (χ2v) is 5.08. The van der Waals surface area contributed by atoms with Crippen LogP contribution in [-0.2, 0) is 14.3 Å². The van der Waals surface area contributed by atoms with E-state index in [0.717, 1.165) is 38.5 Å². The van der Waals surface area contributed by atoms with E-state index in [2.05, 4.69) is 20.8 Å². The van der Waals surface area contributed by atoms with Crippen LogP contribution in [0.2, 0.25) is 0 Å². The molecule has 19 heavy (non-hydrogen) atoms. The van der Waals surface area contributed by atoms with Crippen LogP contribution in [0.1, 0.15) is 78.6 Å². The number of carbonyl (C=O) groups excluding carboxylic acids is 1. The molecule has 0 aliphatic heterocycles. The van der Waals surface area contributed by atoms with Crippen molar-refractivity contribution < 1.29 is 14.3 Å². The molecule has 0 saturated carbocycles. The van der Waals surface area contributed by atoms with Crippen LogP contribution in [0.5, 0.6) is 0 Å². The van der Waals surface area contributed by atoms with Crippen molar-refractivity contribution in [3.63, 3.8) is 0 Å². The van der Waals surface area contributed by atoms with Gasteiger partial charge in [0.1, 0.15) is 0 Å². The molecular formula is C16H32O3. The highest BCUT2D eigenvalue weighted by Crippen LogP contribution is 2.11. The topological polar surface area (TPSA) is 35.5 Å². The molecule has 3 heteroatoms. The van der Waals surface area contributed by atoms with Gasteiger partial charge in [0, 0.05) is 6.61 Å². The lowest BCUT2D eigenvalue weighted by Gasteiger charge is -2.16. The van der Waals surface area contributed by atoms with Gasteiger partial charge in [-0.05, 0) is 19.3 Å². The third-order valence-electron chi connectivity index (χ3n) is 3.14. The molecule has 0 radical (unpaired) electrons. The summed E-state index contributed by atoms with van der Waals surface area (Å²) >= 11 is 0. The number of carbonyl (C=O) groups is 1. The van der Waals surface area contributed by atoms with Gasteiger partial charge in [-0.15, -0.1) is 0 Å². The fourth-order valence-corrected chi connectivity index (χ4v) is 1.81. The van der Waals surface area contributed by atoms with Crippen molar-refractivity contribution in [3.8, 4) is 0 Å². The van der Waals surface area contributed by atoms with Gasteiger partial charge in [-0.25, -0.2) is 4.79 Å². The average Bonchev–Trinajstić information content (AvgIpc) is 2.41. The molecule has 1 atom stereocenters. The van der Waals surface area contributed by atoms with E-state index in [0.29, 0.717) is 13.2 Å². The monoisotopic (exact) mass is 272 g/mol. The molecule has 0 N–H and O–H groups in total. The highest BCUT2D eigenvalue weighted by molar-refractivity contribution is 5.74. The zero-order valence-electron chi connectivity index (χ0n) is 13.1. The van der Waals surface area contributed by atoms with Crippen LogP contribution in [0, 0.1) is 0 Å². The molecule has 0 amide bonds. The number of hydrogen-bond donors (Lipinski definition) is 0. The van der Waals surface area contributed by atoms with Crippen LogP contribution in [0.3, 0.4) is 0 Å². The fourth-order valence-electron chi connectivity index (χ4n) is 1.81. The minimum atomic E-state index is -0.347. The van der Waals surface area contributed by atoms with E-state index < -0.39 is 0 Å². The highest BCUT2D eigenvalue weighted by Gasteiger charge is 2.19. The van der Waals surface area contributed by atoms with Crippen LogP contribution in [0.15, 0.2) is 0 Å². The van der Waals surface area contributed by atoms with Gasteiger partial charge in [0.2, 0.25) is 0 Å². The Hall–Kier alpha value is -0.570. The zero-order valence-corrected chi connectivity index (χ0v) is 13.1. The minimum absolute atomic E-state index is 0.166. The molecule has 0 fully saturated rings. The molecular weight excluding hydrogens is 240 g/mol. The van der Waals surface area contributed by atoms with Gasteiger partial charge < -0.3 is 9.47 Å². The van der Waals surface area contributed by atoms with E-state index in [9.17, 15) is 4.79 Å². The quantitative estimate of drug-likeness (QED) is 0.366. The maximum absolute atomic E-state index is 11.9. The fraction of sp³-hybridized carbons (Fsp3) is 0.938. The van der Waals surface area contributed by atoms with Crippen molar-refractivity contribution in [3.05, 3.63) is 0 Å². The molecule has 0 aromatic heterocycles. The lowest BCUT2D eigenvalue weighted by atomic mass is 10.1. The number of unbranched alkanes of at least 4 members (excludes halogenated alkanes) is 5. The molecule has 0 heterocycles. The van der Waals surface area contributed by atoms with E-state index in [1.165, 1.54) is 19.3 Å². The average molecular weight is 272 g/mol. The van der Waals surface area contributed by atoms with Crippen LogP contribution < -0.4 is 0 Å². The van der Waals surface area contributed by atoms with Gasteiger partial charge in [-0.1, -0.05) is 59.3 Å². The third kappa shape index (κ3) is 11.0. The Balaban J connectivity index is 3.96. The number of rotatable bonds is 13. The standard InChI is InChI=1S/C16H32O3/c1-4-7-10-11-12-15(18-13-8-5-2)16(17)19-14-9-6-3/h15H,4-14H2,1-3H3. The summed E-state index contributed by atoms with van der Waals surface area (Å²) in [6.45, 7) is 7.59. The number of ether oxygens (including phenoxy) is 2. The van der Waals surface area contributed by atoms with Crippen molar-refractivity contribution in [1.82, 2.24) is 0 Å². The molecule has 0 saturated heterocycles. The molecule has 0 aromatic rings. The predicted octanol–water partition coefficient (Wildman–Crippen LogP) is 4.49. The van der Waals surface area contributed by atoms with Crippen molar-refractivity contribution in [2.24, 2.45) is 0 Å². The normalized spacial score (nSPS) is 12.4. The Kier molecular flexibility index (Phi) is 13.4. The minimum Gasteiger partial charge on any atom is -0.464 e. The Labute approximate surface area is 119 Å². The highest BCUT2D eigenvalue weighted by atomic mass is 16.6. The summed E-state index contributed by atoms with van der Waals surface area (Å²) in [6.07, 6.45) is 9.19. The molecule has 0 bridgehead atoms. The SMILES string of the molecule is CCCCCCC(OCCCC)C(=O)OCCCC. The van der Waals surface area contributed by atoms with E-state index in [4.69, 9.17) is 9.47 Å². The van der Waals surface area contributed by atoms with Crippen LogP contribution in [0.25, 0.3) is 0 Å². The first-order chi connectivity index (χ1) is 9.26. The molecule has 0 aromatic carbocycles. The number of hydrogen-bond acceptors (Lipinski definition) is 3. The van der Waals surface area contributed by atoms with Gasteiger partial charge in [0.25, 0.3) is 0 Å². The first kappa shape index (κ1) is 18.4. The van der Waals surface area contributed by atoms with Gasteiger partial charge in [0.15, 0.2) is 6.10 Å². The first-order valence-corrected chi connectivity index (χ1v) is 8.04. The summed E-state index contributed by atoms with van der Waals surface area (Å²) < 4.78 is 10.9. The molecule has 0 spiro atoms. The smallest absolute Gasteiger partial charge is 0.335 e. The molecule has 0 aliphatic carbocycles. The summed E-state index contributed by atoms with van der Waals surface area (Å²) in [5.41, 5.74) is 0. The molecule has 3 nitrogen and oxygen atoms in total. The molecule has 0 aliphatic rings. The molecule has 0 rings (SSSR count). The summed E-state index contributed by atoms with van der Waals surface area (Å²) in [5, 5.41) is 0. The maximum Gasteiger partial charge on any atom is 0.335 e. The van der Waals surface area contributed by atoms with Gasteiger partial charge in [-0.3, -0.25) is 0 Å². The number of esters is 1. The Morgan fingerprint density at radius 2 is 1.47 bits per heavy atom. The summed E-state index contributed by atoms with van der Waals surface area (Å²) in [5.74, 6) is -0.166. The van der Waals surface area contributed by atoms with Crippen molar-refractivity contribution in [1.29, 1.82) is 0 Å². The van der Waals surface area contributed by atoms with Crippen molar-refractivity contribution in [2.75, 3.05) is 13.2 Å². The second kappa shape index (κ2) is 13.9. The van der Waals surface area contributed by atoms with E-state index in [-0.39, 0.29) is 12.1 Å². The summed E-state index contributed by atoms with van der Waals surface area (Å²) in [7, 11) is 0. The molecule has 114 valence electrons. The van der Waals surface area contributed by atoms with Gasteiger partial charge >= 0.3 is 5.97 Å². The predicted molar refractivity (Wildman–Crippen MR) is 79.3 cm³/mol. The van der Waals surface area contributed by atoms with Crippen LogP contribution >= 0.6 is 0 Å². The maximum atomic E-state index is 11.9. The lowest BCUT2D eigenvalue weighted by molar-refractivity contribution is -0.158. The van der Waals surface area contributed by atoms with Crippen molar-refractivity contribution >= 4 is 5.97 Å². The van der Waals surface area contributed by atoms with Crippen molar-refractivity contribution in [2.45, 2.75) is 84.7 Å². The second-order valence-electron chi connectivity index (χ2n) is 5.08. The Bertz CT molecular complexity index is 204. The lowest BCUT2D eigenvalue weighted by Crippen LogP contribution is -2.27. The largest absolute Gasteiger partial charge is 0.464 e. The van der Waals surface area contributed by atoms with Crippen LogP contribution in [0.4, 0.5) is 0 Å². The van der Waals surface area contributed by atoms with Crippen LogP contribution in [-0.4, -0.2) is 25.3 Å². The van der Waals surface area contributed by atoms with Gasteiger partial charge in [0.05, 0.1) is 6.61 Å². The zero-order chi connectivity index (χ0) is 14.3. The summed E-state index contributed by atoms with van der Waals surface area (Å²) in [6, 6.07) is 0. The summed E-state index contributed by atoms with van der Waals surface area (Å²) in [4.78, 5) is 11.9. The Morgan fingerprint density at radius 1 is 0.842 bits per heavy atom. The Morgan fingerprint density at radius 3 is 2.11 bits per heavy atom. The van der Waals surface area contributed by atoms with E-state index in [1.54, 1.807) is 0 Å².